The first-order chi connectivity index (χ1) is 5.27. The molecule has 0 aliphatic heterocycles. The van der Waals surface area contributed by atoms with Gasteiger partial charge in [0, 0.05) is 15.8 Å². The monoisotopic (exact) mass is 169 g/mol. The van der Waals surface area contributed by atoms with Gasteiger partial charge in [-0.3, -0.25) is 0 Å². The zero-order valence-electron chi connectivity index (χ0n) is 7.13. The number of thiophene rings is 1. The van der Waals surface area contributed by atoms with Gasteiger partial charge in [-0.05, 0) is 25.0 Å². The van der Waals surface area contributed by atoms with Crippen LogP contribution in [0.4, 0.5) is 0 Å². The second-order valence-corrected chi connectivity index (χ2v) is 3.87. The van der Waals surface area contributed by atoms with Gasteiger partial charge in [0.2, 0.25) is 0 Å². The predicted octanol–water partition coefficient (Wildman–Crippen LogP) is 2.72. The van der Waals surface area contributed by atoms with Crippen LogP contribution in [-0.2, 0) is 6.42 Å². The fraction of sp³-hybridized carbons (Fsp3) is 0.556. The molecule has 2 heteroatoms. The van der Waals surface area contributed by atoms with Crippen LogP contribution in [0.3, 0.4) is 0 Å². The summed E-state index contributed by atoms with van der Waals surface area (Å²) in [6.45, 7) is 4.29. The Morgan fingerprint density at radius 3 is 2.64 bits per heavy atom. The maximum atomic E-state index is 5.87. The minimum atomic E-state index is 0.250. The highest BCUT2D eigenvalue weighted by Gasteiger charge is 2.05. The average Bonchev–Trinajstić information content (AvgIpc) is 2.50. The standard InChI is InChI=1S/C9H15NS/c1-3-7-5-6-9(11-7)8(10)4-2/h5-6,8H,3-4,10H2,1-2H3. The number of hydrogen-bond acceptors (Lipinski definition) is 2. The van der Waals surface area contributed by atoms with Crippen LogP contribution in [0.1, 0.15) is 36.1 Å². The van der Waals surface area contributed by atoms with Crippen molar-refractivity contribution >= 4 is 11.3 Å². The fourth-order valence-electron chi connectivity index (χ4n) is 0.985. The molecule has 11 heavy (non-hydrogen) atoms. The summed E-state index contributed by atoms with van der Waals surface area (Å²) >= 11 is 1.84. The molecule has 0 amide bonds. The van der Waals surface area contributed by atoms with Crippen molar-refractivity contribution in [2.75, 3.05) is 0 Å². The van der Waals surface area contributed by atoms with Gasteiger partial charge in [0.05, 0.1) is 0 Å². The third kappa shape index (κ3) is 2.04. The van der Waals surface area contributed by atoms with Crippen LogP contribution >= 0.6 is 11.3 Å². The van der Waals surface area contributed by atoms with Crippen LogP contribution in [0.25, 0.3) is 0 Å². The highest BCUT2D eigenvalue weighted by atomic mass is 32.1. The molecule has 1 heterocycles. The molecule has 1 aromatic rings. The quantitative estimate of drug-likeness (QED) is 0.739. The molecule has 0 radical (unpaired) electrons. The number of rotatable bonds is 3. The molecule has 62 valence electrons. The van der Waals surface area contributed by atoms with Crippen molar-refractivity contribution < 1.29 is 0 Å². The maximum absolute atomic E-state index is 5.87. The Kier molecular flexibility index (Phi) is 3.09. The molecule has 0 fully saturated rings. The van der Waals surface area contributed by atoms with Crippen molar-refractivity contribution in [3.63, 3.8) is 0 Å². The molecule has 0 aliphatic rings. The van der Waals surface area contributed by atoms with Crippen molar-refractivity contribution in [2.45, 2.75) is 32.7 Å². The van der Waals surface area contributed by atoms with Crippen molar-refractivity contribution in [1.82, 2.24) is 0 Å². The van der Waals surface area contributed by atoms with E-state index in [1.165, 1.54) is 9.75 Å². The van der Waals surface area contributed by atoms with Crippen LogP contribution in [-0.4, -0.2) is 0 Å². The summed E-state index contributed by atoms with van der Waals surface area (Å²) in [7, 11) is 0. The van der Waals surface area contributed by atoms with Crippen LogP contribution in [0.5, 0.6) is 0 Å². The molecule has 0 aromatic carbocycles. The highest BCUT2D eigenvalue weighted by molar-refractivity contribution is 7.12. The first-order valence-electron chi connectivity index (χ1n) is 4.12. The minimum Gasteiger partial charge on any atom is -0.323 e. The van der Waals surface area contributed by atoms with Gasteiger partial charge < -0.3 is 5.73 Å². The van der Waals surface area contributed by atoms with Crippen LogP contribution in [0.15, 0.2) is 12.1 Å². The first kappa shape index (κ1) is 8.75. The SMILES string of the molecule is CCc1ccc(C(N)CC)s1. The third-order valence-electron chi connectivity index (χ3n) is 1.84. The minimum absolute atomic E-state index is 0.250. The van der Waals surface area contributed by atoms with E-state index >= 15 is 0 Å². The summed E-state index contributed by atoms with van der Waals surface area (Å²) in [6.07, 6.45) is 2.16. The van der Waals surface area contributed by atoms with Gasteiger partial charge in [-0.2, -0.15) is 0 Å². The molecule has 1 rings (SSSR count). The lowest BCUT2D eigenvalue weighted by Crippen LogP contribution is -2.05. The Bertz CT molecular complexity index is 217. The average molecular weight is 169 g/mol. The van der Waals surface area contributed by atoms with E-state index in [0.29, 0.717) is 0 Å². The maximum Gasteiger partial charge on any atom is 0.0387 e. The van der Waals surface area contributed by atoms with E-state index in [-0.39, 0.29) is 6.04 Å². The van der Waals surface area contributed by atoms with Crippen molar-refractivity contribution in [2.24, 2.45) is 5.73 Å². The van der Waals surface area contributed by atoms with Crippen molar-refractivity contribution in [1.29, 1.82) is 0 Å². The summed E-state index contributed by atoms with van der Waals surface area (Å²) in [5.41, 5.74) is 5.87. The van der Waals surface area contributed by atoms with Gasteiger partial charge in [-0.1, -0.05) is 13.8 Å². The van der Waals surface area contributed by atoms with Gasteiger partial charge in [0.1, 0.15) is 0 Å². The summed E-state index contributed by atoms with van der Waals surface area (Å²) < 4.78 is 0. The lowest BCUT2D eigenvalue weighted by molar-refractivity contribution is 0.712. The number of nitrogens with two attached hydrogens (primary N) is 1. The number of aryl methyl sites for hydroxylation is 1. The highest BCUT2D eigenvalue weighted by Crippen LogP contribution is 2.23. The molecule has 1 atom stereocenters. The Hall–Kier alpha value is -0.340. The summed E-state index contributed by atoms with van der Waals surface area (Å²) in [4.78, 5) is 2.76. The number of hydrogen-bond donors (Lipinski definition) is 1. The lowest BCUT2D eigenvalue weighted by Gasteiger charge is -2.03. The Morgan fingerprint density at radius 1 is 1.45 bits per heavy atom. The van der Waals surface area contributed by atoms with Gasteiger partial charge in [0.15, 0.2) is 0 Å². The van der Waals surface area contributed by atoms with Gasteiger partial charge in [0.25, 0.3) is 0 Å². The van der Waals surface area contributed by atoms with E-state index in [4.69, 9.17) is 5.73 Å². The smallest absolute Gasteiger partial charge is 0.0387 e. The van der Waals surface area contributed by atoms with Gasteiger partial charge in [-0.15, -0.1) is 11.3 Å². The topological polar surface area (TPSA) is 26.0 Å². The van der Waals surface area contributed by atoms with Gasteiger partial charge >= 0.3 is 0 Å². The molecule has 0 saturated carbocycles. The summed E-state index contributed by atoms with van der Waals surface area (Å²) in [5.74, 6) is 0. The normalized spacial score (nSPS) is 13.4. The lowest BCUT2D eigenvalue weighted by atomic mass is 10.2. The molecule has 1 aromatic heterocycles. The van der Waals surface area contributed by atoms with E-state index < -0.39 is 0 Å². The fourth-order valence-corrected chi connectivity index (χ4v) is 2.02. The molecule has 2 N–H and O–H groups in total. The predicted molar refractivity (Wildman–Crippen MR) is 50.9 cm³/mol. The zero-order chi connectivity index (χ0) is 8.27. The molecule has 1 nitrogen and oxygen atoms in total. The van der Waals surface area contributed by atoms with E-state index in [0.717, 1.165) is 12.8 Å². The summed E-state index contributed by atoms with van der Waals surface area (Å²) in [6, 6.07) is 4.58. The molecule has 0 bridgehead atoms. The van der Waals surface area contributed by atoms with Crippen LogP contribution in [0, 0.1) is 0 Å². The van der Waals surface area contributed by atoms with E-state index in [2.05, 4.69) is 26.0 Å². The molecule has 1 unspecified atom stereocenters. The molecular formula is C9H15NS. The second kappa shape index (κ2) is 3.88. The zero-order valence-corrected chi connectivity index (χ0v) is 7.95. The third-order valence-corrected chi connectivity index (χ3v) is 3.20. The first-order valence-corrected chi connectivity index (χ1v) is 4.93. The van der Waals surface area contributed by atoms with Crippen LogP contribution in [0.2, 0.25) is 0 Å². The van der Waals surface area contributed by atoms with Gasteiger partial charge in [-0.25, -0.2) is 0 Å². The van der Waals surface area contributed by atoms with E-state index in [1.807, 2.05) is 11.3 Å². The van der Waals surface area contributed by atoms with Crippen molar-refractivity contribution in [3.8, 4) is 0 Å². The molecular weight excluding hydrogens is 154 g/mol. The molecule has 0 spiro atoms. The largest absolute Gasteiger partial charge is 0.323 e. The van der Waals surface area contributed by atoms with E-state index in [9.17, 15) is 0 Å². The second-order valence-electron chi connectivity index (χ2n) is 2.67. The van der Waals surface area contributed by atoms with Crippen LogP contribution < -0.4 is 5.73 Å². The van der Waals surface area contributed by atoms with Crippen molar-refractivity contribution in [3.05, 3.63) is 21.9 Å². The van der Waals surface area contributed by atoms with E-state index in [1.54, 1.807) is 0 Å². The molecule has 0 saturated heterocycles. The summed E-state index contributed by atoms with van der Waals surface area (Å²) in [5, 5.41) is 0. The Morgan fingerprint density at radius 2 is 2.18 bits per heavy atom. The molecule has 0 aliphatic carbocycles. The Labute approximate surface area is 72.2 Å². The Balaban J connectivity index is 2.71.